The summed E-state index contributed by atoms with van der Waals surface area (Å²) in [6, 6.07) is 11.8. The molecule has 0 aliphatic carbocycles. The molecule has 1 aromatic carbocycles. The molecule has 2 aromatic rings. The van der Waals surface area contributed by atoms with Crippen molar-refractivity contribution in [3.8, 4) is 17.2 Å². The second kappa shape index (κ2) is 8.64. The van der Waals surface area contributed by atoms with E-state index in [1.165, 1.54) is 0 Å². The maximum Gasteiger partial charge on any atom is 0.228 e. The van der Waals surface area contributed by atoms with Crippen molar-refractivity contribution in [2.45, 2.75) is 44.4 Å². The van der Waals surface area contributed by atoms with E-state index < -0.39 is 5.41 Å². The van der Waals surface area contributed by atoms with E-state index in [4.69, 9.17) is 10.7 Å². The molecule has 2 saturated heterocycles. The molecular formula is C24H26N4O2S. The fourth-order valence-corrected chi connectivity index (χ4v) is 5.56. The van der Waals surface area contributed by atoms with Crippen molar-refractivity contribution in [2.75, 3.05) is 19.6 Å². The number of nitrogens with one attached hydrogen (secondary N) is 1. The number of carbonyl (C=O) groups excluding carboxylic acids is 2. The summed E-state index contributed by atoms with van der Waals surface area (Å²) in [5.41, 5.74) is 2.25. The highest BCUT2D eigenvalue weighted by atomic mass is 32.1. The van der Waals surface area contributed by atoms with E-state index in [0.717, 1.165) is 29.0 Å². The predicted octanol–water partition coefficient (Wildman–Crippen LogP) is 4.16. The van der Waals surface area contributed by atoms with Gasteiger partial charge in [0.05, 0.1) is 11.6 Å². The summed E-state index contributed by atoms with van der Waals surface area (Å²) in [5, 5.41) is 19.7. The molecule has 7 heteroatoms. The van der Waals surface area contributed by atoms with E-state index in [-0.39, 0.29) is 11.8 Å². The third-order valence-corrected chi connectivity index (χ3v) is 7.46. The van der Waals surface area contributed by atoms with Crippen molar-refractivity contribution < 1.29 is 9.59 Å². The van der Waals surface area contributed by atoms with Gasteiger partial charge in [-0.25, -0.2) is 0 Å². The number of carbonyl (C=O) groups is 2. The van der Waals surface area contributed by atoms with Crippen LogP contribution < -0.4 is 0 Å². The standard InChI is InChI=1S/C24H26N4O2S/c1-24(20-12-19(16-31-20)18-6-2-5-17(11-18)15-25)13-21(26)28(23(30)14-24)10-4-9-27-8-3-7-22(27)29/h2,5-6,11-12,16,26H,3-4,7-10,13-14H2,1H3/t24-/m0/s1. The van der Waals surface area contributed by atoms with Gasteiger partial charge in [0, 0.05) is 49.2 Å². The molecule has 1 N–H and O–H groups in total. The molecule has 2 aliphatic rings. The molecule has 2 fully saturated rings. The zero-order valence-corrected chi connectivity index (χ0v) is 18.5. The predicted molar refractivity (Wildman–Crippen MR) is 121 cm³/mol. The number of thiophene rings is 1. The molecule has 31 heavy (non-hydrogen) atoms. The second-order valence-corrected chi connectivity index (χ2v) is 9.55. The van der Waals surface area contributed by atoms with Gasteiger partial charge in [-0.05, 0) is 47.5 Å². The van der Waals surface area contributed by atoms with Crippen LogP contribution in [0, 0.1) is 16.7 Å². The van der Waals surface area contributed by atoms with Gasteiger partial charge < -0.3 is 9.80 Å². The number of nitriles is 1. The van der Waals surface area contributed by atoms with Gasteiger partial charge in [0.25, 0.3) is 0 Å². The minimum absolute atomic E-state index is 0.0204. The number of benzene rings is 1. The third kappa shape index (κ3) is 4.40. The summed E-state index contributed by atoms with van der Waals surface area (Å²) in [6.45, 7) is 4.01. The molecule has 1 aromatic heterocycles. The molecule has 0 radical (unpaired) electrons. The van der Waals surface area contributed by atoms with E-state index in [9.17, 15) is 9.59 Å². The highest BCUT2D eigenvalue weighted by Gasteiger charge is 2.40. The lowest BCUT2D eigenvalue weighted by molar-refractivity contribution is -0.130. The average molecular weight is 435 g/mol. The lowest BCUT2D eigenvalue weighted by atomic mass is 9.77. The Bertz CT molecular complexity index is 1050. The Kier molecular flexibility index (Phi) is 5.92. The Morgan fingerprint density at radius 1 is 1.16 bits per heavy atom. The fraction of sp³-hybridized carbons (Fsp3) is 0.417. The molecule has 6 nitrogen and oxygen atoms in total. The number of hydrogen-bond donors (Lipinski definition) is 1. The molecule has 2 aliphatic heterocycles. The third-order valence-electron chi connectivity index (χ3n) is 6.23. The summed E-state index contributed by atoms with van der Waals surface area (Å²) >= 11 is 1.61. The van der Waals surface area contributed by atoms with E-state index in [0.29, 0.717) is 50.2 Å². The molecule has 0 saturated carbocycles. The van der Waals surface area contributed by atoms with Gasteiger partial charge in [0.2, 0.25) is 11.8 Å². The highest BCUT2D eigenvalue weighted by Crippen LogP contribution is 2.41. The largest absolute Gasteiger partial charge is 0.343 e. The second-order valence-electron chi connectivity index (χ2n) is 8.64. The number of hydrogen-bond acceptors (Lipinski definition) is 5. The minimum atomic E-state index is -0.397. The van der Waals surface area contributed by atoms with Gasteiger partial charge in [-0.3, -0.25) is 15.0 Å². The maximum atomic E-state index is 12.9. The van der Waals surface area contributed by atoms with E-state index >= 15 is 0 Å². The summed E-state index contributed by atoms with van der Waals surface area (Å²) in [4.78, 5) is 29.2. The molecule has 2 amide bonds. The van der Waals surface area contributed by atoms with Crippen LogP contribution >= 0.6 is 11.3 Å². The zero-order chi connectivity index (χ0) is 22.0. The van der Waals surface area contributed by atoms with Gasteiger partial charge in [0.1, 0.15) is 5.84 Å². The smallest absolute Gasteiger partial charge is 0.228 e. The van der Waals surface area contributed by atoms with Gasteiger partial charge in [-0.2, -0.15) is 5.26 Å². The van der Waals surface area contributed by atoms with Crippen LogP contribution in [0.3, 0.4) is 0 Å². The first-order valence-corrected chi connectivity index (χ1v) is 11.5. The number of rotatable bonds is 6. The van der Waals surface area contributed by atoms with Crippen LogP contribution in [0.15, 0.2) is 35.7 Å². The summed E-state index contributed by atoms with van der Waals surface area (Å²) in [5.74, 6) is 0.530. The monoisotopic (exact) mass is 434 g/mol. The van der Waals surface area contributed by atoms with Crippen LogP contribution in [0.5, 0.6) is 0 Å². The molecule has 3 heterocycles. The van der Waals surface area contributed by atoms with Crippen LogP contribution in [0.1, 0.15) is 49.5 Å². The van der Waals surface area contributed by atoms with Crippen molar-refractivity contribution >= 4 is 29.0 Å². The molecule has 1 atom stereocenters. The van der Waals surface area contributed by atoms with Crippen molar-refractivity contribution in [2.24, 2.45) is 0 Å². The first kappa shape index (κ1) is 21.3. The van der Waals surface area contributed by atoms with E-state index in [2.05, 4.69) is 24.4 Å². The van der Waals surface area contributed by atoms with Crippen LogP contribution in [0.4, 0.5) is 0 Å². The SMILES string of the molecule is C[C@]1(c2cc(-c3cccc(C#N)c3)cs2)CC(=N)N(CCCN2CCCC2=O)C(=O)C1. The van der Waals surface area contributed by atoms with E-state index in [1.807, 2.05) is 23.1 Å². The molecule has 0 unspecified atom stereocenters. The normalized spacial score (nSPS) is 21.6. The Morgan fingerprint density at radius 3 is 2.71 bits per heavy atom. The first-order valence-electron chi connectivity index (χ1n) is 10.6. The van der Waals surface area contributed by atoms with Crippen molar-refractivity contribution in [3.63, 3.8) is 0 Å². The number of nitrogens with zero attached hydrogens (tertiary/aromatic N) is 3. The number of amides is 2. The summed E-state index contributed by atoms with van der Waals surface area (Å²) in [6.07, 6.45) is 3.13. The van der Waals surface area contributed by atoms with Gasteiger partial charge in [0.15, 0.2) is 0 Å². The van der Waals surface area contributed by atoms with Gasteiger partial charge in [-0.15, -0.1) is 11.3 Å². The molecule has 160 valence electrons. The molecule has 0 spiro atoms. The van der Waals surface area contributed by atoms with Gasteiger partial charge in [-0.1, -0.05) is 19.1 Å². The zero-order valence-electron chi connectivity index (χ0n) is 17.7. The minimum Gasteiger partial charge on any atom is -0.343 e. The van der Waals surface area contributed by atoms with Crippen molar-refractivity contribution in [1.82, 2.24) is 9.80 Å². The van der Waals surface area contributed by atoms with Crippen LogP contribution in [0.25, 0.3) is 11.1 Å². The fourth-order valence-electron chi connectivity index (χ4n) is 4.47. The molecule has 0 bridgehead atoms. The number of amidine groups is 1. The van der Waals surface area contributed by atoms with Crippen LogP contribution in [0.2, 0.25) is 0 Å². The quantitative estimate of drug-likeness (QED) is 0.740. The molecule has 4 rings (SSSR count). The lowest BCUT2D eigenvalue weighted by Crippen LogP contribution is -2.48. The topological polar surface area (TPSA) is 88.3 Å². The Balaban J connectivity index is 1.42. The van der Waals surface area contributed by atoms with Crippen LogP contribution in [-0.2, 0) is 15.0 Å². The Hall–Kier alpha value is -2.98. The molecular weight excluding hydrogens is 408 g/mol. The average Bonchev–Trinajstić information content (AvgIpc) is 3.40. The lowest BCUT2D eigenvalue weighted by Gasteiger charge is -2.38. The van der Waals surface area contributed by atoms with Gasteiger partial charge >= 0.3 is 0 Å². The first-order chi connectivity index (χ1) is 14.9. The maximum absolute atomic E-state index is 12.9. The summed E-state index contributed by atoms with van der Waals surface area (Å²) < 4.78 is 0. The highest BCUT2D eigenvalue weighted by molar-refractivity contribution is 7.10. The van der Waals surface area contributed by atoms with Crippen molar-refractivity contribution in [3.05, 3.63) is 46.2 Å². The van der Waals surface area contributed by atoms with E-state index in [1.54, 1.807) is 22.3 Å². The number of piperidine rings is 1. The van der Waals surface area contributed by atoms with Crippen molar-refractivity contribution in [1.29, 1.82) is 10.7 Å². The Morgan fingerprint density at radius 2 is 2.00 bits per heavy atom. The Labute approximate surface area is 186 Å². The summed E-state index contributed by atoms with van der Waals surface area (Å²) in [7, 11) is 0. The van der Waals surface area contributed by atoms with Crippen LogP contribution in [-0.4, -0.2) is 47.1 Å². The number of likely N-dealkylation sites (tertiary alicyclic amines) is 2.